The number of nitrogens with one attached hydrogen (secondary N) is 2. The van der Waals surface area contributed by atoms with Crippen LogP contribution in [0.15, 0.2) is 0 Å². The van der Waals surface area contributed by atoms with E-state index >= 15 is 0 Å². The van der Waals surface area contributed by atoms with Crippen LogP contribution in [-0.2, 0) is 4.79 Å². The summed E-state index contributed by atoms with van der Waals surface area (Å²) < 4.78 is 0. The number of carbonyl (C=O) groups excluding carboxylic acids is 1. The Hall–Kier alpha value is -0.650. The summed E-state index contributed by atoms with van der Waals surface area (Å²) in [6, 6.07) is 0. The zero-order chi connectivity index (χ0) is 14.5. The van der Waals surface area contributed by atoms with E-state index in [1.54, 1.807) is 0 Å². The van der Waals surface area contributed by atoms with Crippen LogP contribution in [0.2, 0.25) is 0 Å². The first-order chi connectivity index (χ1) is 9.06. The predicted molar refractivity (Wildman–Crippen MR) is 81.5 cm³/mol. The molecule has 0 fully saturated rings. The molecule has 2 N–H and O–H groups in total. The molecule has 5 heteroatoms. The van der Waals surface area contributed by atoms with E-state index in [1.807, 2.05) is 21.1 Å². The van der Waals surface area contributed by atoms with Crippen molar-refractivity contribution in [2.45, 2.75) is 25.7 Å². The van der Waals surface area contributed by atoms with Crippen LogP contribution in [0, 0.1) is 0 Å². The highest BCUT2D eigenvalue weighted by Crippen LogP contribution is 1.94. The van der Waals surface area contributed by atoms with Crippen molar-refractivity contribution >= 4 is 5.91 Å². The van der Waals surface area contributed by atoms with E-state index in [0.29, 0.717) is 6.42 Å². The maximum atomic E-state index is 11.6. The van der Waals surface area contributed by atoms with Gasteiger partial charge in [-0.3, -0.25) is 4.79 Å². The van der Waals surface area contributed by atoms with Crippen molar-refractivity contribution in [3.8, 4) is 0 Å². The van der Waals surface area contributed by atoms with Crippen molar-refractivity contribution in [2.24, 2.45) is 0 Å². The molecule has 0 unspecified atom stereocenters. The fourth-order valence-corrected chi connectivity index (χ4v) is 1.86. The Bertz CT molecular complexity index is 221. The third-order valence-electron chi connectivity index (χ3n) is 3.01. The van der Waals surface area contributed by atoms with Gasteiger partial charge in [-0.1, -0.05) is 0 Å². The van der Waals surface area contributed by atoms with Gasteiger partial charge in [-0.15, -0.1) is 0 Å². The van der Waals surface area contributed by atoms with Crippen molar-refractivity contribution in [1.82, 2.24) is 20.4 Å². The predicted octanol–water partition coefficient (Wildman–Crippen LogP) is 0.376. The molecule has 19 heavy (non-hydrogen) atoms. The van der Waals surface area contributed by atoms with Crippen molar-refractivity contribution in [3.63, 3.8) is 0 Å². The number of carbonyl (C=O) groups is 1. The molecule has 0 saturated carbocycles. The molecule has 0 aliphatic carbocycles. The summed E-state index contributed by atoms with van der Waals surface area (Å²) in [6.07, 6.45) is 3.75. The average Bonchev–Trinajstić information content (AvgIpc) is 2.35. The molecule has 0 aromatic carbocycles. The molecular formula is C14H32N4O. The van der Waals surface area contributed by atoms with Gasteiger partial charge in [0.2, 0.25) is 5.91 Å². The SMILES string of the molecule is CNCCCN(C)CCCC(=O)NCCCN(C)C. The largest absolute Gasteiger partial charge is 0.356 e. The Kier molecular flexibility index (Phi) is 12.0. The molecule has 0 bridgehead atoms. The van der Waals surface area contributed by atoms with E-state index in [1.165, 1.54) is 0 Å². The highest BCUT2D eigenvalue weighted by molar-refractivity contribution is 5.75. The zero-order valence-corrected chi connectivity index (χ0v) is 13.2. The number of hydrogen-bond acceptors (Lipinski definition) is 4. The second-order valence-corrected chi connectivity index (χ2v) is 5.37. The Morgan fingerprint density at radius 3 is 2.21 bits per heavy atom. The van der Waals surface area contributed by atoms with Crippen molar-refractivity contribution in [3.05, 3.63) is 0 Å². The molecule has 0 rings (SSSR count). The zero-order valence-electron chi connectivity index (χ0n) is 13.2. The molecular weight excluding hydrogens is 240 g/mol. The van der Waals surface area contributed by atoms with Gasteiger partial charge in [0.25, 0.3) is 0 Å². The van der Waals surface area contributed by atoms with Crippen LogP contribution in [0.1, 0.15) is 25.7 Å². The van der Waals surface area contributed by atoms with Gasteiger partial charge in [0.1, 0.15) is 0 Å². The second-order valence-electron chi connectivity index (χ2n) is 5.37. The first-order valence-electron chi connectivity index (χ1n) is 7.31. The lowest BCUT2D eigenvalue weighted by Crippen LogP contribution is -2.28. The van der Waals surface area contributed by atoms with Crippen LogP contribution in [0.5, 0.6) is 0 Å². The normalized spacial score (nSPS) is 11.3. The lowest BCUT2D eigenvalue weighted by molar-refractivity contribution is -0.121. The minimum atomic E-state index is 0.183. The van der Waals surface area contributed by atoms with E-state index in [0.717, 1.165) is 52.0 Å². The van der Waals surface area contributed by atoms with Gasteiger partial charge in [-0.25, -0.2) is 0 Å². The molecule has 0 aromatic heterocycles. The summed E-state index contributed by atoms with van der Waals surface area (Å²) in [6.45, 7) is 4.94. The summed E-state index contributed by atoms with van der Waals surface area (Å²) in [4.78, 5) is 16.0. The van der Waals surface area contributed by atoms with Gasteiger partial charge < -0.3 is 20.4 Å². The van der Waals surface area contributed by atoms with Gasteiger partial charge in [-0.05, 0) is 73.6 Å². The summed E-state index contributed by atoms with van der Waals surface area (Å²) in [5.74, 6) is 0.183. The number of amides is 1. The molecule has 5 nitrogen and oxygen atoms in total. The van der Waals surface area contributed by atoms with Crippen molar-refractivity contribution in [1.29, 1.82) is 0 Å². The fraction of sp³-hybridized carbons (Fsp3) is 0.929. The molecule has 0 radical (unpaired) electrons. The number of rotatable bonds is 12. The molecule has 0 aliphatic rings. The third kappa shape index (κ3) is 13.6. The molecule has 0 spiro atoms. The summed E-state index contributed by atoms with van der Waals surface area (Å²) >= 11 is 0. The molecule has 0 aliphatic heterocycles. The van der Waals surface area contributed by atoms with Gasteiger partial charge >= 0.3 is 0 Å². The van der Waals surface area contributed by atoms with E-state index in [4.69, 9.17) is 0 Å². The third-order valence-corrected chi connectivity index (χ3v) is 3.01. The average molecular weight is 272 g/mol. The minimum Gasteiger partial charge on any atom is -0.356 e. The van der Waals surface area contributed by atoms with E-state index in [-0.39, 0.29) is 5.91 Å². The quantitative estimate of drug-likeness (QED) is 0.504. The van der Waals surface area contributed by atoms with Gasteiger partial charge in [0.05, 0.1) is 0 Å². The van der Waals surface area contributed by atoms with Crippen LogP contribution in [0.4, 0.5) is 0 Å². The molecule has 0 saturated heterocycles. The Morgan fingerprint density at radius 1 is 0.947 bits per heavy atom. The van der Waals surface area contributed by atoms with Crippen molar-refractivity contribution < 1.29 is 4.79 Å². The Labute approximate surface area is 118 Å². The summed E-state index contributed by atoms with van der Waals surface area (Å²) in [7, 11) is 8.18. The Balaban J connectivity index is 3.37. The van der Waals surface area contributed by atoms with Crippen LogP contribution < -0.4 is 10.6 Å². The van der Waals surface area contributed by atoms with Gasteiger partial charge in [0.15, 0.2) is 0 Å². The lowest BCUT2D eigenvalue weighted by atomic mass is 10.2. The molecule has 114 valence electrons. The fourth-order valence-electron chi connectivity index (χ4n) is 1.86. The van der Waals surface area contributed by atoms with Crippen molar-refractivity contribution in [2.75, 3.05) is 60.9 Å². The monoisotopic (exact) mass is 272 g/mol. The maximum Gasteiger partial charge on any atom is 0.220 e. The first-order valence-corrected chi connectivity index (χ1v) is 7.31. The van der Waals surface area contributed by atoms with Gasteiger partial charge in [0, 0.05) is 13.0 Å². The topological polar surface area (TPSA) is 47.6 Å². The standard InChI is InChI=1S/C14H32N4O/c1-15-9-6-13-18(4)12-5-8-14(19)16-10-7-11-17(2)3/h15H,5-13H2,1-4H3,(H,16,19). The van der Waals surface area contributed by atoms with Crippen LogP contribution in [0.25, 0.3) is 0 Å². The van der Waals surface area contributed by atoms with Crippen LogP contribution >= 0.6 is 0 Å². The minimum absolute atomic E-state index is 0.183. The number of hydrogen-bond donors (Lipinski definition) is 2. The van der Waals surface area contributed by atoms with Crippen LogP contribution in [0.3, 0.4) is 0 Å². The first kappa shape index (κ1) is 18.4. The highest BCUT2D eigenvalue weighted by atomic mass is 16.1. The Morgan fingerprint density at radius 2 is 1.58 bits per heavy atom. The van der Waals surface area contributed by atoms with Crippen LogP contribution in [-0.4, -0.2) is 76.6 Å². The van der Waals surface area contributed by atoms with E-state index < -0.39 is 0 Å². The van der Waals surface area contributed by atoms with Gasteiger partial charge in [-0.2, -0.15) is 0 Å². The van der Waals surface area contributed by atoms with E-state index in [2.05, 4.69) is 27.5 Å². The molecule has 0 heterocycles. The molecule has 1 amide bonds. The second kappa shape index (κ2) is 12.4. The summed E-state index contributed by atoms with van der Waals surface area (Å²) in [5, 5.41) is 6.11. The maximum absolute atomic E-state index is 11.6. The lowest BCUT2D eigenvalue weighted by Gasteiger charge is -2.16. The smallest absolute Gasteiger partial charge is 0.220 e. The highest BCUT2D eigenvalue weighted by Gasteiger charge is 2.03. The van der Waals surface area contributed by atoms with E-state index in [9.17, 15) is 4.79 Å². The number of nitrogens with zero attached hydrogens (tertiary/aromatic N) is 2. The molecule has 0 atom stereocenters. The molecule has 0 aromatic rings. The summed E-state index contributed by atoms with van der Waals surface area (Å²) in [5.41, 5.74) is 0.